The maximum atomic E-state index is 13.1. The molecule has 0 spiro atoms. The van der Waals surface area contributed by atoms with E-state index in [4.69, 9.17) is 0 Å². The average Bonchev–Trinajstić information content (AvgIpc) is 2.31. The molecule has 0 bridgehead atoms. The van der Waals surface area contributed by atoms with E-state index in [0.29, 0.717) is 12.0 Å². The third kappa shape index (κ3) is 3.28. The average molecular weight is 275 g/mol. The number of benzene rings is 1. The van der Waals surface area contributed by atoms with E-state index in [1.165, 1.54) is 12.1 Å². The third-order valence-corrected chi connectivity index (χ3v) is 4.73. The van der Waals surface area contributed by atoms with Gasteiger partial charge in [-0.1, -0.05) is 13.0 Å². The van der Waals surface area contributed by atoms with Crippen LogP contribution in [0.1, 0.15) is 25.8 Å². The highest BCUT2D eigenvalue weighted by molar-refractivity contribution is 7.89. The number of aliphatic hydroxyl groups excluding tert-OH is 1. The van der Waals surface area contributed by atoms with Crippen LogP contribution in [0.2, 0.25) is 0 Å². The fourth-order valence-corrected chi connectivity index (χ4v) is 3.19. The van der Waals surface area contributed by atoms with Gasteiger partial charge >= 0.3 is 0 Å². The summed E-state index contributed by atoms with van der Waals surface area (Å²) in [7, 11) is -3.85. The number of aliphatic hydroxyl groups is 1. The van der Waals surface area contributed by atoms with Crippen molar-refractivity contribution in [3.05, 3.63) is 29.6 Å². The Bertz CT molecular complexity index is 524. The van der Waals surface area contributed by atoms with Gasteiger partial charge in [0.2, 0.25) is 10.0 Å². The molecule has 6 heteroatoms. The van der Waals surface area contributed by atoms with E-state index >= 15 is 0 Å². The van der Waals surface area contributed by atoms with Crippen LogP contribution in [0, 0.1) is 12.7 Å². The molecule has 1 aromatic carbocycles. The lowest BCUT2D eigenvalue weighted by Crippen LogP contribution is -2.48. The molecule has 0 aromatic heterocycles. The van der Waals surface area contributed by atoms with E-state index in [-0.39, 0.29) is 11.5 Å². The Kier molecular flexibility index (Phi) is 4.47. The summed E-state index contributed by atoms with van der Waals surface area (Å²) in [5, 5.41) is 9.22. The standard InChI is InChI=1S/C12H18FNO3S/c1-4-12(3,8-15)14-18(16,17)11-7-10(13)6-5-9(11)2/h5-7,14-15H,4,8H2,1-3H3. The molecule has 102 valence electrons. The lowest BCUT2D eigenvalue weighted by Gasteiger charge is -2.27. The van der Waals surface area contributed by atoms with Gasteiger partial charge in [0.1, 0.15) is 5.82 Å². The second-order valence-electron chi connectivity index (χ2n) is 4.59. The van der Waals surface area contributed by atoms with E-state index in [1.807, 2.05) is 0 Å². The van der Waals surface area contributed by atoms with Gasteiger partial charge in [0.05, 0.1) is 17.0 Å². The van der Waals surface area contributed by atoms with Gasteiger partial charge in [-0.2, -0.15) is 0 Å². The monoisotopic (exact) mass is 275 g/mol. The first-order valence-electron chi connectivity index (χ1n) is 5.65. The number of sulfonamides is 1. The Morgan fingerprint density at radius 3 is 2.56 bits per heavy atom. The van der Waals surface area contributed by atoms with Gasteiger partial charge in [-0.25, -0.2) is 17.5 Å². The van der Waals surface area contributed by atoms with Crippen LogP contribution >= 0.6 is 0 Å². The number of aryl methyl sites for hydroxylation is 1. The molecule has 0 aliphatic carbocycles. The maximum Gasteiger partial charge on any atom is 0.241 e. The molecule has 0 fully saturated rings. The van der Waals surface area contributed by atoms with E-state index in [9.17, 15) is 17.9 Å². The summed E-state index contributed by atoms with van der Waals surface area (Å²) >= 11 is 0. The minimum Gasteiger partial charge on any atom is -0.394 e. The maximum absolute atomic E-state index is 13.1. The lowest BCUT2D eigenvalue weighted by molar-refractivity contribution is 0.191. The van der Waals surface area contributed by atoms with Crippen molar-refractivity contribution < 1.29 is 17.9 Å². The van der Waals surface area contributed by atoms with Crippen molar-refractivity contribution in [1.29, 1.82) is 0 Å². The Morgan fingerprint density at radius 1 is 1.44 bits per heavy atom. The molecule has 0 aliphatic rings. The highest BCUT2D eigenvalue weighted by atomic mass is 32.2. The number of hydrogen-bond acceptors (Lipinski definition) is 3. The van der Waals surface area contributed by atoms with Gasteiger partial charge in [0.25, 0.3) is 0 Å². The molecule has 1 aromatic rings. The summed E-state index contributed by atoms with van der Waals surface area (Å²) in [5.41, 5.74) is -0.488. The zero-order valence-electron chi connectivity index (χ0n) is 10.7. The largest absolute Gasteiger partial charge is 0.394 e. The first-order chi connectivity index (χ1) is 8.24. The molecule has 0 saturated heterocycles. The van der Waals surface area contributed by atoms with Crippen molar-refractivity contribution >= 4 is 10.0 Å². The van der Waals surface area contributed by atoms with Gasteiger partial charge in [0.15, 0.2) is 0 Å². The summed E-state index contributed by atoms with van der Waals surface area (Å²) in [5.74, 6) is -0.608. The minimum absolute atomic E-state index is 0.101. The molecular weight excluding hydrogens is 257 g/mol. The van der Waals surface area contributed by atoms with Crippen LogP contribution in [0.15, 0.2) is 23.1 Å². The van der Waals surface area contributed by atoms with Gasteiger partial charge in [-0.05, 0) is 38.0 Å². The summed E-state index contributed by atoms with van der Waals surface area (Å²) in [4.78, 5) is -0.101. The summed E-state index contributed by atoms with van der Waals surface area (Å²) in [6.07, 6.45) is 0.428. The number of hydrogen-bond donors (Lipinski definition) is 2. The highest BCUT2D eigenvalue weighted by Gasteiger charge is 2.29. The normalized spacial score (nSPS) is 15.4. The van der Waals surface area contributed by atoms with Crippen LogP contribution in [0.25, 0.3) is 0 Å². The molecule has 1 atom stereocenters. The minimum atomic E-state index is -3.85. The van der Waals surface area contributed by atoms with Crippen LogP contribution in [0.3, 0.4) is 0 Å². The van der Waals surface area contributed by atoms with Crippen molar-refractivity contribution in [3.63, 3.8) is 0 Å². The van der Waals surface area contributed by atoms with Crippen LogP contribution in [0.4, 0.5) is 4.39 Å². The zero-order chi connectivity index (χ0) is 14.0. The molecule has 2 N–H and O–H groups in total. The highest BCUT2D eigenvalue weighted by Crippen LogP contribution is 2.19. The van der Waals surface area contributed by atoms with Crippen molar-refractivity contribution in [3.8, 4) is 0 Å². The summed E-state index contributed by atoms with van der Waals surface area (Å²) in [6, 6.07) is 3.59. The number of rotatable bonds is 5. The Balaban J connectivity index is 3.18. The van der Waals surface area contributed by atoms with E-state index in [2.05, 4.69) is 4.72 Å². The molecule has 18 heavy (non-hydrogen) atoms. The van der Waals surface area contributed by atoms with Crippen LogP contribution in [0.5, 0.6) is 0 Å². The van der Waals surface area contributed by atoms with Crippen molar-refractivity contribution in [2.75, 3.05) is 6.61 Å². The molecule has 0 aliphatic heterocycles. The molecule has 1 unspecified atom stereocenters. The molecule has 0 radical (unpaired) electrons. The predicted molar refractivity (Wildman–Crippen MR) is 67.2 cm³/mol. The van der Waals surface area contributed by atoms with E-state index < -0.39 is 21.4 Å². The number of nitrogens with one attached hydrogen (secondary N) is 1. The fraction of sp³-hybridized carbons (Fsp3) is 0.500. The van der Waals surface area contributed by atoms with Gasteiger partial charge in [-0.15, -0.1) is 0 Å². The summed E-state index contributed by atoms with van der Waals surface area (Å²) < 4.78 is 39.8. The molecule has 1 rings (SSSR count). The molecule has 0 amide bonds. The second kappa shape index (κ2) is 5.34. The smallest absolute Gasteiger partial charge is 0.241 e. The first kappa shape index (κ1) is 15.1. The van der Waals surface area contributed by atoms with Crippen molar-refractivity contribution in [1.82, 2.24) is 4.72 Å². The first-order valence-corrected chi connectivity index (χ1v) is 7.13. The van der Waals surface area contributed by atoms with Gasteiger partial charge < -0.3 is 5.11 Å². The fourth-order valence-electron chi connectivity index (χ4n) is 1.46. The van der Waals surface area contributed by atoms with Crippen LogP contribution < -0.4 is 4.72 Å². The third-order valence-electron chi connectivity index (χ3n) is 2.95. The lowest BCUT2D eigenvalue weighted by atomic mass is 10.0. The summed E-state index contributed by atoms with van der Waals surface area (Å²) in [6.45, 7) is 4.63. The molecule has 4 nitrogen and oxygen atoms in total. The zero-order valence-corrected chi connectivity index (χ0v) is 11.5. The Hall–Kier alpha value is -0.980. The van der Waals surface area contributed by atoms with Crippen LogP contribution in [-0.2, 0) is 10.0 Å². The number of halogens is 1. The van der Waals surface area contributed by atoms with Crippen molar-refractivity contribution in [2.45, 2.75) is 37.6 Å². The molecule has 0 heterocycles. The SMILES string of the molecule is CCC(C)(CO)NS(=O)(=O)c1cc(F)ccc1C. The Morgan fingerprint density at radius 2 is 2.06 bits per heavy atom. The van der Waals surface area contributed by atoms with Crippen molar-refractivity contribution in [2.24, 2.45) is 0 Å². The Labute approximate surface area is 107 Å². The molecule has 0 saturated carbocycles. The van der Waals surface area contributed by atoms with Gasteiger partial charge in [-0.3, -0.25) is 0 Å². The second-order valence-corrected chi connectivity index (χ2v) is 6.24. The van der Waals surface area contributed by atoms with E-state index in [1.54, 1.807) is 20.8 Å². The van der Waals surface area contributed by atoms with Crippen LogP contribution in [-0.4, -0.2) is 25.7 Å². The topological polar surface area (TPSA) is 66.4 Å². The predicted octanol–water partition coefficient (Wildman–Crippen LogP) is 1.57. The molecular formula is C12H18FNO3S. The van der Waals surface area contributed by atoms with Gasteiger partial charge in [0, 0.05) is 0 Å². The van der Waals surface area contributed by atoms with E-state index in [0.717, 1.165) is 6.07 Å². The quantitative estimate of drug-likeness (QED) is 0.857.